The van der Waals surface area contributed by atoms with Crippen LogP contribution in [0.1, 0.15) is 0 Å². The maximum absolute atomic E-state index is 13.4. The van der Waals surface area contributed by atoms with Crippen LogP contribution >= 0.6 is 39.9 Å². The first-order valence-corrected chi connectivity index (χ1v) is 7.75. The molecule has 0 atom stereocenters. The molecule has 1 aromatic heterocycles. The highest BCUT2D eigenvalue weighted by Gasteiger charge is 2.08. The molecule has 0 fully saturated rings. The van der Waals surface area contributed by atoms with Gasteiger partial charge in [0.1, 0.15) is 5.82 Å². The van der Waals surface area contributed by atoms with Gasteiger partial charge in [-0.15, -0.1) is 6.58 Å². The average molecular weight is 347 g/mol. The molecule has 0 amide bonds. The van der Waals surface area contributed by atoms with E-state index in [2.05, 4.69) is 27.5 Å². The van der Waals surface area contributed by atoms with E-state index in [-0.39, 0.29) is 5.82 Å². The van der Waals surface area contributed by atoms with Crippen molar-refractivity contribution in [3.63, 3.8) is 0 Å². The fourth-order valence-corrected chi connectivity index (χ4v) is 2.97. The van der Waals surface area contributed by atoms with Gasteiger partial charge in [-0.1, -0.05) is 6.08 Å². The maximum Gasteiger partial charge on any atom is 0.178 e. The molecule has 96 valence electrons. The van der Waals surface area contributed by atoms with Crippen LogP contribution in [0.4, 0.5) is 4.39 Å². The molecular weight excluding hydrogens is 335 g/mol. The van der Waals surface area contributed by atoms with E-state index in [9.17, 15) is 4.39 Å². The van der Waals surface area contributed by atoms with E-state index >= 15 is 0 Å². The van der Waals surface area contributed by atoms with Crippen LogP contribution in [0, 0.1) is 10.6 Å². The van der Waals surface area contributed by atoms with Crippen molar-refractivity contribution in [2.24, 2.45) is 0 Å². The minimum absolute atomic E-state index is 0.285. The highest BCUT2D eigenvalue weighted by Crippen LogP contribution is 2.23. The zero-order chi connectivity index (χ0) is 13.1. The summed E-state index contributed by atoms with van der Waals surface area (Å²) < 4.78 is 16.5. The van der Waals surface area contributed by atoms with Crippen LogP contribution < -0.4 is 0 Å². The van der Waals surface area contributed by atoms with E-state index in [1.54, 1.807) is 17.8 Å². The van der Waals surface area contributed by atoms with Gasteiger partial charge in [0.05, 0.1) is 15.5 Å². The number of nitrogens with zero attached hydrogens (tertiary/aromatic N) is 1. The lowest BCUT2D eigenvalue weighted by Gasteiger charge is -2.04. The summed E-state index contributed by atoms with van der Waals surface area (Å²) in [7, 11) is 0. The predicted octanol–water partition coefficient (Wildman–Crippen LogP) is 4.52. The summed E-state index contributed by atoms with van der Waals surface area (Å²) in [5, 5.41) is 0. The van der Waals surface area contributed by atoms with Gasteiger partial charge in [-0.05, 0) is 34.2 Å². The number of nitrogens with one attached hydrogen (secondary N) is 1. The molecule has 0 radical (unpaired) electrons. The standard InChI is InChI=1S/C12H12BrFN2S2/c1-2-4-18-5-3-16-11-6-8(13)9(14)7-10(11)15-12(16)17/h2,6-7H,1,3-5H2,(H,15,17). The number of halogens is 2. The number of hydrogen-bond acceptors (Lipinski definition) is 2. The molecule has 0 aliphatic rings. The molecule has 0 unspecified atom stereocenters. The maximum atomic E-state index is 13.4. The number of aromatic nitrogens is 2. The molecule has 0 spiro atoms. The third-order valence-electron chi connectivity index (χ3n) is 2.51. The summed E-state index contributed by atoms with van der Waals surface area (Å²) in [5.41, 5.74) is 1.65. The van der Waals surface area contributed by atoms with Gasteiger partial charge in [-0.3, -0.25) is 0 Å². The Kier molecular flexibility index (Phi) is 4.64. The van der Waals surface area contributed by atoms with Crippen molar-refractivity contribution >= 4 is 50.9 Å². The second-order valence-corrected chi connectivity index (χ2v) is 6.12. The number of hydrogen-bond donors (Lipinski definition) is 1. The van der Waals surface area contributed by atoms with Crippen molar-refractivity contribution < 1.29 is 4.39 Å². The van der Waals surface area contributed by atoms with Crippen molar-refractivity contribution in [3.8, 4) is 0 Å². The van der Waals surface area contributed by atoms with Gasteiger partial charge in [0, 0.05) is 24.1 Å². The fraction of sp³-hybridized carbons (Fsp3) is 0.250. The summed E-state index contributed by atoms with van der Waals surface area (Å²) in [5.74, 6) is 1.59. The number of benzene rings is 1. The van der Waals surface area contributed by atoms with Gasteiger partial charge in [0.25, 0.3) is 0 Å². The third kappa shape index (κ3) is 2.87. The largest absolute Gasteiger partial charge is 0.330 e. The summed E-state index contributed by atoms with van der Waals surface area (Å²) in [6, 6.07) is 3.22. The van der Waals surface area contributed by atoms with Crippen molar-refractivity contribution in [3.05, 3.63) is 39.8 Å². The minimum Gasteiger partial charge on any atom is -0.330 e. The molecular formula is C12H12BrFN2S2. The number of thioether (sulfide) groups is 1. The monoisotopic (exact) mass is 346 g/mol. The van der Waals surface area contributed by atoms with E-state index in [4.69, 9.17) is 12.2 Å². The summed E-state index contributed by atoms with van der Waals surface area (Å²) in [6.07, 6.45) is 1.88. The Hall–Kier alpha value is -0.590. The molecule has 0 aliphatic carbocycles. The molecule has 0 bridgehead atoms. The van der Waals surface area contributed by atoms with Crippen LogP contribution in [0.2, 0.25) is 0 Å². The third-order valence-corrected chi connectivity index (χ3v) is 4.38. The fourth-order valence-electron chi connectivity index (χ4n) is 1.70. The molecule has 6 heteroatoms. The van der Waals surface area contributed by atoms with Crippen LogP contribution in [0.5, 0.6) is 0 Å². The smallest absolute Gasteiger partial charge is 0.178 e. The Morgan fingerprint density at radius 1 is 1.56 bits per heavy atom. The van der Waals surface area contributed by atoms with Crippen molar-refractivity contribution in [2.45, 2.75) is 6.54 Å². The van der Waals surface area contributed by atoms with E-state index in [0.717, 1.165) is 29.1 Å². The van der Waals surface area contributed by atoms with Crippen LogP contribution in [0.3, 0.4) is 0 Å². The van der Waals surface area contributed by atoms with Crippen molar-refractivity contribution in [2.75, 3.05) is 11.5 Å². The number of aryl methyl sites for hydroxylation is 1. The van der Waals surface area contributed by atoms with Gasteiger partial charge in [0.15, 0.2) is 4.77 Å². The van der Waals surface area contributed by atoms with Crippen LogP contribution in [-0.2, 0) is 6.54 Å². The molecule has 1 heterocycles. The molecule has 2 rings (SSSR count). The van der Waals surface area contributed by atoms with Gasteiger partial charge in [-0.25, -0.2) is 4.39 Å². The quantitative estimate of drug-likeness (QED) is 0.488. The normalized spacial score (nSPS) is 11.0. The minimum atomic E-state index is -0.285. The molecule has 2 nitrogen and oxygen atoms in total. The van der Waals surface area contributed by atoms with Crippen molar-refractivity contribution in [1.29, 1.82) is 0 Å². The Morgan fingerprint density at radius 2 is 2.33 bits per heavy atom. The predicted molar refractivity (Wildman–Crippen MR) is 82.3 cm³/mol. The van der Waals surface area contributed by atoms with E-state index in [1.807, 2.05) is 10.6 Å². The van der Waals surface area contributed by atoms with Crippen molar-refractivity contribution in [1.82, 2.24) is 9.55 Å². The highest BCUT2D eigenvalue weighted by molar-refractivity contribution is 9.10. The number of aromatic amines is 1. The highest BCUT2D eigenvalue weighted by atomic mass is 79.9. The summed E-state index contributed by atoms with van der Waals surface area (Å²) in [4.78, 5) is 3.02. The topological polar surface area (TPSA) is 20.7 Å². The van der Waals surface area contributed by atoms with Crippen LogP contribution in [0.25, 0.3) is 11.0 Å². The lowest BCUT2D eigenvalue weighted by molar-refractivity contribution is 0.622. The number of imidazole rings is 1. The Balaban J connectivity index is 2.32. The first-order chi connectivity index (χ1) is 8.63. The molecule has 0 saturated heterocycles. The Morgan fingerprint density at radius 3 is 3.06 bits per heavy atom. The first kappa shape index (κ1) is 13.8. The second kappa shape index (κ2) is 6.04. The molecule has 0 saturated carbocycles. The summed E-state index contributed by atoms with van der Waals surface area (Å²) in [6.45, 7) is 4.48. The molecule has 1 aromatic carbocycles. The zero-order valence-corrected chi connectivity index (χ0v) is 12.8. The number of fused-ring (bicyclic) bond motifs is 1. The van der Waals surface area contributed by atoms with Gasteiger partial charge in [0.2, 0.25) is 0 Å². The first-order valence-electron chi connectivity index (χ1n) is 5.39. The van der Waals surface area contributed by atoms with Crippen LogP contribution in [0.15, 0.2) is 29.3 Å². The lowest BCUT2D eigenvalue weighted by atomic mass is 10.3. The van der Waals surface area contributed by atoms with Gasteiger partial charge in [-0.2, -0.15) is 11.8 Å². The molecule has 1 N–H and O–H groups in total. The number of rotatable bonds is 5. The zero-order valence-electron chi connectivity index (χ0n) is 9.58. The average Bonchev–Trinajstić information content (AvgIpc) is 2.62. The van der Waals surface area contributed by atoms with Gasteiger partial charge >= 0.3 is 0 Å². The lowest BCUT2D eigenvalue weighted by Crippen LogP contribution is -2.00. The van der Waals surface area contributed by atoms with Gasteiger partial charge < -0.3 is 9.55 Å². The second-order valence-electron chi connectivity index (χ2n) is 3.73. The van der Waals surface area contributed by atoms with Crippen LogP contribution in [-0.4, -0.2) is 21.1 Å². The SMILES string of the molecule is C=CCSCCn1c(=S)[nH]c2cc(F)c(Br)cc21. The molecule has 0 aliphatic heterocycles. The Bertz CT molecular complexity index is 633. The van der Waals surface area contributed by atoms with E-state index in [0.29, 0.717) is 9.24 Å². The van der Waals surface area contributed by atoms with E-state index in [1.165, 1.54) is 6.07 Å². The molecule has 18 heavy (non-hydrogen) atoms. The number of H-pyrrole nitrogens is 1. The van der Waals surface area contributed by atoms with E-state index < -0.39 is 0 Å². The Labute approximate surface area is 122 Å². The molecule has 2 aromatic rings. The summed E-state index contributed by atoms with van der Waals surface area (Å²) >= 11 is 10.2.